The zero-order valence-corrected chi connectivity index (χ0v) is 11.9. The van der Waals surface area contributed by atoms with Crippen molar-refractivity contribution in [2.75, 3.05) is 0 Å². The number of rotatable bonds is 0. The summed E-state index contributed by atoms with van der Waals surface area (Å²) in [7, 11) is 1.72. The van der Waals surface area contributed by atoms with Crippen molar-refractivity contribution in [2.45, 2.75) is 4.90 Å². The summed E-state index contributed by atoms with van der Waals surface area (Å²) in [5.41, 5.74) is 0.706. The van der Waals surface area contributed by atoms with Crippen LogP contribution in [0.25, 0.3) is 15.7 Å². The second-order valence-electron chi connectivity index (χ2n) is 2.83. The molecular formula is C9H5ClN3NaS. The van der Waals surface area contributed by atoms with E-state index in [9.17, 15) is 0 Å². The molecule has 0 unspecified atom stereocenters. The Morgan fingerprint density at radius 3 is 2.80 bits per heavy atom. The molecule has 0 saturated heterocycles. The molecule has 1 aromatic heterocycles. The number of aryl methyl sites for hydroxylation is 1. The predicted octanol–water partition coefficient (Wildman–Crippen LogP) is -0.313. The summed E-state index contributed by atoms with van der Waals surface area (Å²) in [6, 6.07) is 3.50. The molecule has 0 spiro atoms. The van der Waals surface area contributed by atoms with E-state index in [2.05, 4.69) is 9.94 Å². The van der Waals surface area contributed by atoms with Crippen LogP contribution in [0, 0.1) is 6.57 Å². The number of aromatic nitrogens is 2. The minimum absolute atomic E-state index is 0. The molecular weight excluding hydrogens is 241 g/mol. The monoisotopic (exact) mass is 245 g/mol. The summed E-state index contributed by atoms with van der Waals surface area (Å²) in [4.78, 5) is 3.93. The molecule has 1 heterocycles. The van der Waals surface area contributed by atoms with E-state index in [0.29, 0.717) is 26.6 Å². The van der Waals surface area contributed by atoms with Gasteiger partial charge in [-0.25, -0.2) is 0 Å². The molecule has 3 nitrogen and oxygen atoms in total. The second kappa shape index (κ2) is 4.69. The van der Waals surface area contributed by atoms with Gasteiger partial charge in [-0.05, 0) is 6.07 Å². The standard InChI is InChI=1S/C9H6ClN3S.Na/c1-11-9-7-5(12-13(9)2)3-4-6(14)8(7)10;/h3-4,14H,2H3;/q;+1/p-1. The Labute approximate surface area is 120 Å². The molecule has 0 N–H and O–H groups in total. The van der Waals surface area contributed by atoms with Crippen LogP contribution < -0.4 is 29.6 Å². The number of halogens is 1. The summed E-state index contributed by atoms with van der Waals surface area (Å²) in [6.45, 7) is 7.02. The predicted molar refractivity (Wildman–Crippen MR) is 57.6 cm³/mol. The third kappa shape index (κ3) is 1.99. The maximum Gasteiger partial charge on any atom is 1.00 e. The third-order valence-corrected chi connectivity index (χ3v) is 2.82. The maximum atomic E-state index is 7.02. The number of hydrogen-bond donors (Lipinski definition) is 0. The first-order valence-electron chi connectivity index (χ1n) is 3.85. The van der Waals surface area contributed by atoms with Gasteiger partial charge in [-0.2, -0.15) is 9.58 Å². The minimum Gasteiger partial charge on any atom is -0.778 e. The number of nitrogens with zero attached hydrogens (tertiary/aromatic N) is 3. The Hall–Kier alpha value is -0.310. The van der Waals surface area contributed by atoms with Crippen LogP contribution in [0.3, 0.4) is 0 Å². The Balaban J connectivity index is 0.00000112. The van der Waals surface area contributed by atoms with E-state index in [0.717, 1.165) is 0 Å². The van der Waals surface area contributed by atoms with E-state index in [4.69, 9.17) is 30.8 Å². The SMILES string of the molecule is [C-]#[N+]c1c2c(Cl)c([S-])ccc2nn1C.[Na+]. The topological polar surface area (TPSA) is 22.2 Å². The van der Waals surface area contributed by atoms with Crippen LogP contribution in [-0.2, 0) is 19.7 Å². The molecule has 2 rings (SSSR count). The molecule has 1 aromatic carbocycles. The summed E-state index contributed by atoms with van der Waals surface area (Å²) in [6.07, 6.45) is 0. The quantitative estimate of drug-likeness (QED) is 0.361. The molecule has 6 heteroatoms. The Morgan fingerprint density at radius 2 is 2.20 bits per heavy atom. The third-order valence-electron chi connectivity index (χ3n) is 1.98. The normalized spacial score (nSPS) is 9.67. The van der Waals surface area contributed by atoms with Crippen molar-refractivity contribution in [3.05, 3.63) is 28.6 Å². The zero-order chi connectivity index (χ0) is 10.3. The van der Waals surface area contributed by atoms with Crippen molar-refractivity contribution in [1.82, 2.24) is 9.78 Å². The summed E-state index contributed by atoms with van der Waals surface area (Å²) in [5, 5.41) is 5.25. The molecule has 0 amide bonds. The van der Waals surface area contributed by atoms with Gasteiger partial charge in [0.25, 0.3) is 5.82 Å². The Kier molecular flexibility index (Phi) is 3.99. The Bertz CT molecular complexity index is 558. The van der Waals surface area contributed by atoms with Crippen LogP contribution in [0.2, 0.25) is 5.02 Å². The average Bonchev–Trinajstić information content (AvgIpc) is 2.48. The van der Waals surface area contributed by atoms with Crippen LogP contribution >= 0.6 is 11.6 Å². The fourth-order valence-corrected chi connectivity index (χ4v) is 1.76. The number of hydrogen-bond acceptors (Lipinski definition) is 2. The van der Waals surface area contributed by atoms with Crippen LogP contribution in [0.15, 0.2) is 17.0 Å². The van der Waals surface area contributed by atoms with Crippen molar-refractivity contribution in [3.63, 3.8) is 0 Å². The van der Waals surface area contributed by atoms with Gasteiger partial charge < -0.3 is 17.5 Å². The molecule has 2 aromatic rings. The first kappa shape index (κ1) is 12.8. The zero-order valence-electron chi connectivity index (χ0n) is 8.28. The fraction of sp³-hybridized carbons (Fsp3) is 0.111. The van der Waals surface area contributed by atoms with E-state index in [1.54, 1.807) is 19.2 Å². The van der Waals surface area contributed by atoms with Crippen molar-refractivity contribution in [3.8, 4) is 0 Å². The van der Waals surface area contributed by atoms with E-state index in [1.165, 1.54) is 4.68 Å². The number of benzene rings is 1. The summed E-state index contributed by atoms with van der Waals surface area (Å²) >= 11 is 11.0. The van der Waals surface area contributed by atoms with Crippen molar-refractivity contribution >= 4 is 41.0 Å². The van der Waals surface area contributed by atoms with E-state index in [1.807, 2.05) is 0 Å². The van der Waals surface area contributed by atoms with Gasteiger partial charge in [-0.1, -0.05) is 24.2 Å². The van der Waals surface area contributed by atoms with Crippen LogP contribution in [-0.4, -0.2) is 9.78 Å². The van der Waals surface area contributed by atoms with Crippen molar-refractivity contribution in [2.24, 2.45) is 7.05 Å². The summed E-state index contributed by atoms with van der Waals surface area (Å²) < 4.78 is 1.51. The second-order valence-corrected chi connectivity index (χ2v) is 3.65. The largest absolute Gasteiger partial charge is 1.00 e. The molecule has 0 radical (unpaired) electrons. The van der Waals surface area contributed by atoms with Gasteiger partial charge in [-0.3, -0.25) is 0 Å². The molecule has 0 fully saturated rings. The van der Waals surface area contributed by atoms with Crippen molar-refractivity contribution in [1.29, 1.82) is 0 Å². The first-order valence-corrected chi connectivity index (χ1v) is 4.63. The van der Waals surface area contributed by atoms with Crippen molar-refractivity contribution < 1.29 is 29.6 Å². The smallest absolute Gasteiger partial charge is 0.778 e. The van der Waals surface area contributed by atoms with Gasteiger partial charge in [-0.15, -0.1) is 5.10 Å². The van der Waals surface area contributed by atoms with E-state index in [-0.39, 0.29) is 29.6 Å². The first-order chi connectivity index (χ1) is 6.65. The fourth-order valence-electron chi connectivity index (χ4n) is 1.34. The van der Waals surface area contributed by atoms with Crippen LogP contribution in [0.5, 0.6) is 0 Å². The molecule has 0 bridgehead atoms. The molecule has 0 aliphatic rings. The van der Waals surface area contributed by atoms with Crippen LogP contribution in [0.4, 0.5) is 5.82 Å². The molecule has 15 heavy (non-hydrogen) atoms. The Morgan fingerprint density at radius 1 is 1.53 bits per heavy atom. The molecule has 0 saturated carbocycles. The number of fused-ring (bicyclic) bond motifs is 1. The van der Waals surface area contributed by atoms with Gasteiger partial charge in [0, 0.05) is 10.4 Å². The van der Waals surface area contributed by atoms with Crippen LogP contribution in [0.1, 0.15) is 0 Å². The van der Waals surface area contributed by atoms with Gasteiger partial charge in [0.1, 0.15) is 5.52 Å². The molecule has 70 valence electrons. The van der Waals surface area contributed by atoms with Gasteiger partial charge >= 0.3 is 29.6 Å². The minimum atomic E-state index is 0. The molecule has 0 aliphatic heterocycles. The van der Waals surface area contributed by atoms with Gasteiger partial charge in [0.05, 0.1) is 7.05 Å². The van der Waals surface area contributed by atoms with Gasteiger partial charge in [0.2, 0.25) is 0 Å². The van der Waals surface area contributed by atoms with E-state index >= 15 is 0 Å². The average molecular weight is 246 g/mol. The van der Waals surface area contributed by atoms with Gasteiger partial charge in [0.15, 0.2) is 0 Å². The molecule has 0 aliphatic carbocycles. The maximum absolute atomic E-state index is 7.02. The summed E-state index contributed by atoms with van der Waals surface area (Å²) in [5.74, 6) is 0.428. The van der Waals surface area contributed by atoms with E-state index < -0.39 is 0 Å². The molecule has 0 atom stereocenters.